The molecule has 0 aromatic heterocycles. The number of rotatable bonds is 4. The molecule has 23 heavy (non-hydrogen) atoms. The van der Waals surface area contributed by atoms with Crippen LogP contribution in [-0.2, 0) is 9.59 Å². The molecule has 1 heterocycles. The van der Waals surface area contributed by atoms with Crippen LogP contribution in [0.15, 0.2) is 24.3 Å². The molecule has 0 saturated carbocycles. The van der Waals surface area contributed by atoms with Gasteiger partial charge in [0.05, 0.1) is 6.54 Å². The summed E-state index contributed by atoms with van der Waals surface area (Å²) < 4.78 is 0. The van der Waals surface area contributed by atoms with Crippen molar-refractivity contribution in [3.8, 4) is 0 Å². The lowest BCUT2D eigenvalue weighted by atomic mass is 10.2. The first-order chi connectivity index (χ1) is 11.0. The summed E-state index contributed by atoms with van der Waals surface area (Å²) in [7, 11) is 1.57. The third kappa shape index (κ3) is 4.79. The lowest BCUT2D eigenvalue weighted by Crippen LogP contribution is -2.49. The minimum absolute atomic E-state index is 0.0744. The van der Waals surface area contributed by atoms with E-state index >= 15 is 0 Å². The normalized spacial score (nSPS) is 15.1. The van der Waals surface area contributed by atoms with Gasteiger partial charge in [-0.1, -0.05) is 0 Å². The Labute approximate surface area is 135 Å². The highest BCUT2D eigenvalue weighted by molar-refractivity contribution is 5.96. The van der Waals surface area contributed by atoms with Crippen LogP contribution in [0.25, 0.3) is 0 Å². The summed E-state index contributed by atoms with van der Waals surface area (Å²) in [5.41, 5.74) is 1.20. The predicted molar refractivity (Wildman–Crippen MR) is 87.2 cm³/mol. The third-order valence-electron chi connectivity index (χ3n) is 3.84. The van der Waals surface area contributed by atoms with E-state index in [-0.39, 0.29) is 17.7 Å². The molecule has 1 aliphatic heterocycles. The molecule has 0 aliphatic carbocycles. The second kappa shape index (κ2) is 7.73. The fraction of sp³-hybridized carbons (Fsp3) is 0.438. The van der Waals surface area contributed by atoms with E-state index in [0.717, 1.165) is 0 Å². The highest BCUT2D eigenvalue weighted by atomic mass is 16.2. The minimum Gasteiger partial charge on any atom is -0.355 e. The van der Waals surface area contributed by atoms with Gasteiger partial charge in [-0.3, -0.25) is 19.3 Å². The molecule has 0 unspecified atom stereocenters. The number of hydrogen-bond donors (Lipinski definition) is 2. The monoisotopic (exact) mass is 318 g/mol. The van der Waals surface area contributed by atoms with Crippen LogP contribution in [0.1, 0.15) is 17.3 Å². The fourth-order valence-corrected chi connectivity index (χ4v) is 2.47. The van der Waals surface area contributed by atoms with Crippen LogP contribution in [0.3, 0.4) is 0 Å². The first-order valence-electron chi connectivity index (χ1n) is 7.59. The highest BCUT2D eigenvalue weighted by Crippen LogP contribution is 2.10. The SMILES string of the molecule is CNC(=O)c1ccc(NC(=O)CN2CCN(C(C)=O)CC2)cc1. The molecule has 0 radical (unpaired) electrons. The topological polar surface area (TPSA) is 81.8 Å². The number of piperazine rings is 1. The zero-order valence-corrected chi connectivity index (χ0v) is 13.5. The van der Waals surface area contributed by atoms with Gasteiger partial charge in [0.15, 0.2) is 0 Å². The standard InChI is InChI=1S/C16H22N4O3/c1-12(21)20-9-7-19(8-10-20)11-15(22)18-14-5-3-13(4-6-14)16(23)17-2/h3-6H,7-11H2,1-2H3,(H,17,23)(H,18,22). The Morgan fingerprint density at radius 3 is 2.17 bits per heavy atom. The van der Waals surface area contributed by atoms with Crippen molar-refractivity contribution in [1.82, 2.24) is 15.1 Å². The van der Waals surface area contributed by atoms with Gasteiger partial charge in [0.2, 0.25) is 11.8 Å². The maximum Gasteiger partial charge on any atom is 0.251 e. The van der Waals surface area contributed by atoms with Gasteiger partial charge in [-0.15, -0.1) is 0 Å². The molecule has 2 N–H and O–H groups in total. The van der Waals surface area contributed by atoms with Crippen LogP contribution in [0.2, 0.25) is 0 Å². The maximum absolute atomic E-state index is 12.1. The van der Waals surface area contributed by atoms with Crippen LogP contribution in [-0.4, -0.2) is 67.3 Å². The predicted octanol–water partition coefficient (Wildman–Crippen LogP) is 0.149. The molecule has 1 fully saturated rings. The summed E-state index contributed by atoms with van der Waals surface area (Å²) in [5.74, 6) is -0.189. The van der Waals surface area contributed by atoms with Crippen LogP contribution in [0, 0.1) is 0 Å². The molecule has 124 valence electrons. The quantitative estimate of drug-likeness (QED) is 0.828. The van der Waals surface area contributed by atoms with E-state index in [1.807, 2.05) is 4.90 Å². The van der Waals surface area contributed by atoms with Crippen molar-refractivity contribution in [2.45, 2.75) is 6.92 Å². The maximum atomic E-state index is 12.1. The molecule has 0 bridgehead atoms. The van der Waals surface area contributed by atoms with Crippen LogP contribution in [0.4, 0.5) is 5.69 Å². The van der Waals surface area contributed by atoms with Crippen molar-refractivity contribution in [1.29, 1.82) is 0 Å². The van der Waals surface area contributed by atoms with Gasteiger partial charge < -0.3 is 15.5 Å². The van der Waals surface area contributed by atoms with E-state index < -0.39 is 0 Å². The minimum atomic E-state index is -0.161. The molecule has 0 spiro atoms. The lowest BCUT2D eigenvalue weighted by Gasteiger charge is -2.33. The summed E-state index contributed by atoms with van der Waals surface area (Å²) in [4.78, 5) is 38.6. The number of carbonyl (C=O) groups excluding carboxylic acids is 3. The van der Waals surface area contributed by atoms with Crippen molar-refractivity contribution < 1.29 is 14.4 Å². The summed E-state index contributed by atoms with van der Waals surface area (Å²) >= 11 is 0. The number of hydrogen-bond acceptors (Lipinski definition) is 4. The summed E-state index contributed by atoms with van der Waals surface area (Å²) in [6, 6.07) is 6.74. The zero-order valence-electron chi connectivity index (χ0n) is 13.5. The Hall–Kier alpha value is -2.41. The molecule has 0 atom stereocenters. The van der Waals surface area contributed by atoms with E-state index in [4.69, 9.17) is 0 Å². The Morgan fingerprint density at radius 2 is 1.65 bits per heavy atom. The molecule has 1 aromatic rings. The number of nitrogens with zero attached hydrogens (tertiary/aromatic N) is 2. The summed E-state index contributed by atoms with van der Waals surface area (Å²) in [6.45, 7) is 4.56. The fourth-order valence-electron chi connectivity index (χ4n) is 2.47. The number of amides is 3. The van der Waals surface area contributed by atoms with Gasteiger partial charge in [0, 0.05) is 51.4 Å². The van der Waals surface area contributed by atoms with Crippen molar-refractivity contribution in [3.63, 3.8) is 0 Å². The van der Waals surface area contributed by atoms with Gasteiger partial charge in [0.1, 0.15) is 0 Å². The van der Waals surface area contributed by atoms with Gasteiger partial charge in [-0.05, 0) is 24.3 Å². The first kappa shape index (κ1) is 17.0. The highest BCUT2D eigenvalue weighted by Gasteiger charge is 2.20. The molecule has 2 rings (SSSR count). The molecule has 1 aromatic carbocycles. The van der Waals surface area contributed by atoms with Crippen molar-refractivity contribution in [2.24, 2.45) is 0 Å². The van der Waals surface area contributed by atoms with Crippen molar-refractivity contribution in [3.05, 3.63) is 29.8 Å². The smallest absolute Gasteiger partial charge is 0.251 e. The van der Waals surface area contributed by atoms with Gasteiger partial charge in [-0.2, -0.15) is 0 Å². The molecule has 1 aliphatic rings. The van der Waals surface area contributed by atoms with E-state index in [0.29, 0.717) is 44.0 Å². The van der Waals surface area contributed by atoms with E-state index in [2.05, 4.69) is 10.6 Å². The number of anilines is 1. The molecule has 7 nitrogen and oxygen atoms in total. The molecule has 3 amide bonds. The van der Waals surface area contributed by atoms with E-state index in [1.54, 1.807) is 43.1 Å². The van der Waals surface area contributed by atoms with Gasteiger partial charge in [-0.25, -0.2) is 0 Å². The largest absolute Gasteiger partial charge is 0.355 e. The Bertz CT molecular complexity index is 577. The zero-order chi connectivity index (χ0) is 16.8. The van der Waals surface area contributed by atoms with Crippen LogP contribution < -0.4 is 10.6 Å². The average Bonchev–Trinajstić information content (AvgIpc) is 2.55. The van der Waals surface area contributed by atoms with Crippen molar-refractivity contribution in [2.75, 3.05) is 45.1 Å². The Kier molecular flexibility index (Phi) is 5.70. The van der Waals surface area contributed by atoms with Crippen molar-refractivity contribution >= 4 is 23.4 Å². The number of benzene rings is 1. The third-order valence-corrected chi connectivity index (χ3v) is 3.84. The molecular formula is C16H22N4O3. The lowest BCUT2D eigenvalue weighted by molar-refractivity contribution is -0.130. The van der Waals surface area contributed by atoms with E-state index in [9.17, 15) is 14.4 Å². The number of nitrogens with one attached hydrogen (secondary N) is 2. The molecule has 1 saturated heterocycles. The number of carbonyl (C=O) groups is 3. The average molecular weight is 318 g/mol. The first-order valence-corrected chi connectivity index (χ1v) is 7.59. The van der Waals surface area contributed by atoms with E-state index in [1.165, 1.54) is 0 Å². The Morgan fingerprint density at radius 1 is 1.04 bits per heavy atom. The second-order valence-electron chi connectivity index (χ2n) is 5.49. The summed E-state index contributed by atoms with van der Waals surface area (Å²) in [6.07, 6.45) is 0. The van der Waals surface area contributed by atoms with Crippen LogP contribution in [0.5, 0.6) is 0 Å². The van der Waals surface area contributed by atoms with Gasteiger partial charge in [0.25, 0.3) is 5.91 Å². The second-order valence-corrected chi connectivity index (χ2v) is 5.49. The molecular weight excluding hydrogens is 296 g/mol. The summed E-state index contributed by atoms with van der Waals surface area (Å²) in [5, 5.41) is 5.36. The molecule has 7 heteroatoms. The van der Waals surface area contributed by atoms with Crippen LogP contribution >= 0.6 is 0 Å². The Balaban J connectivity index is 1.81. The van der Waals surface area contributed by atoms with Gasteiger partial charge >= 0.3 is 0 Å².